The number of hydrogen-bond donors (Lipinski definition) is 0. The van der Waals surface area contributed by atoms with Crippen LogP contribution in [0.15, 0.2) is 91.0 Å². The molecule has 0 radical (unpaired) electrons. The second-order valence-electron chi connectivity index (χ2n) is 7.44. The van der Waals surface area contributed by atoms with Crippen LogP contribution in [0.4, 0.5) is 0 Å². The predicted octanol–water partition coefficient (Wildman–Crippen LogP) is 6.15. The van der Waals surface area contributed by atoms with Gasteiger partial charge < -0.3 is 4.90 Å². The third-order valence-electron chi connectivity index (χ3n) is 5.58. The van der Waals surface area contributed by atoms with Crippen molar-refractivity contribution in [3.8, 4) is 0 Å². The highest BCUT2D eigenvalue weighted by Crippen LogP contribution is 2.48. The predicted molar refractivity (Wildman–Crippen MR) is 130 cm³/mol. The van der Waals surface area contributed by atoms with Crippen molar-refractivity contribution >= 4 is 23.5 Å². The van der Waals surface area contributed by atoms with Crippen LogP contribution in [0.5, 0.6) is 0 Å². The molecule has 29 heavy (non-hydrogen) atoms. The van der Waals surface area contributed by atoms with Crippen molar-refractivity contribution in [1.29, 1.82) is 0 Å². The summed E-state index contributed by atoms with van der Waals surface area (Å²) in [6, 6.07) is 33.1. The number of thioether (sulfide) groups is 2. The maximum Gasteiger partial charge on any atom is 0.0906 e. The first-order chi connectivity index (χ1) is 14.4. The summed E-state index contributed by atoms with van der Waals surface area (Å²) in [6.45, 7) is 3.70. The van der Waals surface area contributed by atoms with Crippen LogP contribution in [-0.2, 0) is 4.75 Å². The molecule has 1 heterocycles. The van der Waals surface area contributed by atoms with E-state index in [1.807, 2.05) is 0 Å². The van der Waals surface area contributed by atoms with Crippen LogP contribution < -0.4 is 0 Å². The van der Waals surface area contributed by atoms with E-state index in [1.54, 1.807) is 0 Å². The van der Waals surface area contributed by atoms with Gasteiger partial charge in [0.15, 0.2) is 0 Å². The monoisotopic (exact) mass is 419 g/mol. The lowest BCUT2D eigenvalue weighted by Crippen LogP contribution is -2.34. The Balaban J connectivity index is 1.64. The van der Waals surface area contributed by atoms with Gasteiger partial charge in [-0.1, -0.05) is 91.0 Å². The second kappa shape index (κ2) is 10.4. The molecule has 1 aliphatic heterocycles. The lowest BCUT2D eigenvalue weighted by Gasteiger charge is -2.36. The van der Waals surface area contributed by atoms with E-state index in [9.17, 15) is 0 Å². The molecule has 3 aromatic carbocycles. The smallest absolute Gasteiger partial charge is 0.0906 e. The number of hydrogen-bond acceptors (Lipinski definition) is 3. The van der Waals surface area contributed by atoms with E-state index in [1.165, 1.54) is 54.3 Å². The van der Waals surface area contributed by atoms with Gasteiger partial charge in [-0.2, -0.15) is 11.8 Å². The van der Waals surface area contributed by atoms with Gasteiger partial charge in [0.1, 0.15) is 0 Å². The summed E-state index contributed by atoms with van der Waals surface area (Å²) in [5.41, 5.74) is 4.07. The van der Waals surface area contributed by atoms with Crippen LogP contribution in [0, 0.1) is 0 Å². The summed E-state index contributed by atoms with van der Waals surface area (Å²) in [5, 5.41) is 0. The zero-order chi connectivity index (χ0) is 19.8. The Hall–Kier alpha value is -1.68. The maximum atomic E-state index is 2.63. The van der Waals surface area contributed by atoms with Gasteiger partial charge in [-0.3, -0.25) is 0 Å². The zero-order valence-electron chi connectivity index (χ0n) is 16.9. The van der Waals surface area contributed by atoms with Crippen molar-refractivity contribution in [3.63, 3.8) is 0 Å². The third kappa shape index (κ3) is 4.91. The van der Waals surface area contributed by atoms with Gasteiger partial charge in [0.2, 0.25) is 0 Å². The molecule has 0 saturated carbocycles. The molecule has 0 atom stereocenters. The molecule has 0 amide bonds. The summed E-state index contributed by atoms with van der Waals surface area (Å²) in [7, 11) is 0. The van der Waals surface area contributed by atoms with Gasteiger partial charge in [-0.15, -0.1) is 11.8 Å². The molecule has 0 aliphatic carbocycles. The van der Waals surface area contributed by atoms with E-state index in [0.717, 1.165) is 5.75 Å². The van der Waals surface area contributed by atoms with Gasteiger partial charge in [0.05, 0.1) is 4.75 Å². The molecule has 150 valence electrons. The van der Waals surface area contributed by atoms with E-state index >= 15 is 0 Å². The van der Waals surface area contributed by atoms with Crippen LogP contribution in [0.1, 0.15) is 23.1 Å². The average molecular weight is 420 g/mol. The van der Waals surface area contributed by atoms with Crippen LogP contribution in [0.3, 0.4) is 0 Å². The molecular formula is C26H29NS2. The lowest BCUT2D eigenvalue weighted by molar-refractivity contribution is 0.304. The fraction of sp³-hybridized carbons (Fsp3) is 0.308. The normalized spacial score (nSPS) is 15.3. The molecule has 0 aromatic heterocycles. The molecule has 1 nitrogen and oxygen atoms in total. The molecule has 1 fully saturated rings. The number of benzene rings is 3. The molecule has 3 aromatic rings. The van der Waals surface area contributed by atoms with E-state index < -0.39 is 0 Å². The Morgan fingerprint density at radius 2 is 1.14 bits per heavy atom. The number of nitrogens with zero attached hydrogens (tertiary/aromatic N) is 1. The lowest BCUT2D eigenvalue weighted by atomic mass is 9.84. The van der Waals surface area contributed by atoms with Crippen molar-refractivity contribution in [1.82, 2.24) is 4.90 Å². The fourth-order valence-corrected chi connectivity index (χ4v) is 6.57. The van der Waals surface area contributed by atoms with Crippen LogP contribution in [-0.4, -0.2) is 41.8 Å². The molecule has 3 heteroatoms. The van der Waals surface area contributed by atoms with Crippen molar-refractivity contribution < 1.29 is 0 Å². The van der Waals surface area contributed by atoms with Crippen molar-refractivity contribution in [2.45, 2.75) is 11.2 Å². The summed E-state index contributed by atoms with van der Waals surface area (Å²) >= 11 is 4.17. The number of rotatable bonds is 8. The summed E-state index contributed by atoms with van der Waals surface area (Å²) < 4.78 is -0.179. The maximum absolute atomic E-state index is 2.63. The molecule has 4 rings (SSSR count). The summed E-state index contributed by atoms with van der Waals surface area (Å²) in [6.07, 6.45) is 1.23. The standard InChI is InChI=1S/C26H29NS2/c1-4-11-23(12-5-1)26(24-13-6-2-7-14-24,25-15-8-3-9-16-25)29-20-10-17-27-18-21-28-22-19-27/h1-9,11-16H,10,17-22H2. The van der Waals surface area contributed by atoms with E-state index in [2.05, 4.69) is 119 Å². The molecule has 0 bridgehead atoms. The van der Waals surface area contributed by atoms with Gasteiger partial charge in [-0.25, -0.2) is 0 Å². The molecule has 1 saturated heterocycles. The molecule has 0 unspecified atom stereocenters. The SMILES string of the molecule is c1ccc(C(SCCCN2CCSCC2)(c2ccccc2)c2ccccc2)cc1. The quantitative estimate of drug-likeness (QED) is 0.318. The first-order valence-electron chi connectivity index (χ1n) is 10.5. The van der Waals surface area contributed by atoms with Crippen molar-refractivity contribution in [2.75, 3.05) is 36.9 Å². The second-order valence-corrected chi connectivity index (χ2v) is 9.97. The van der Waals surface area contributed by atoms with Gasteiger partial charge in [0, 0.05) is 24.6 Å². The first kappa shape index (κ1) is 20.6. The largest absolute Gasteiger partial charge is 0.302 e. The Morgan fingerprint density at radius 3 is 1.59 bits per heavy atom. The van der Waals surface area contributed by atoms with E-state index in [0.29, 0.717) is 0 Å². The minimum absolute atomic E-state index is 0.179. The highest BCUT2D eigenvalue weighted by Gasteiger charge is 2.36. The van der Waals surface area contributed by atoms with Crippen molar-refractivity contribution in [2.24, 2.45) is 0 Å². The Morgan fingerprint density at radius 1 is 0.690 bits per heavy atom. The topological polar surface area (TPSA) is 3.24 Å². The van der Waals surface area contributed by atoms with E-state index in [4.69, 9.17) is 0 Å². The molecule has 1 aliphatic rings. The minimum atomic E-state index is -0.179. The zero-order valence-corrected chi connectivity index (χ0v) is 18.5. The first-order valence-corrected chi connectivity index (χ1v) is 12.6. The Kier molecular flexibility index (Phi) is 7.37. The highest BCUT2D eigenvalue weighted by atomic mass is 32.2. The fourth-order valence-electron chi connectivity index (χ4n) is 4.11. The molecule has 0 spiro atoms. The Labute approximate surface area is 183 Å². The van der Waals surface area contributed by atoms with Crippen LogP contribution in [0.2, 0.25) is 0 Å². The van der Waals surface area contributed by atoms with Crippen molar-refractivity contribution in [3.05, 3.63) is 108 Å². The van der Waals surface area contributed by atoms with Gasteiger partial charge in [-0.05, 0) is 35.4 Å². The van der Waals surface area contributed by atoms with Gasteiger partial charge in [0.25, 0.3) is 0 Å². The minimum Gasteiger partial charge on any atom is -0.302 e. The molecular weight excluding hydrogens is 390 g/mol. The highest BCUT2D eigenvalue weighted by molar-refractivity contribution is 8.00. The van der Waals surface area contributed by atoms with Gasteiger partial charge >= 0.3 is 0 Å². The third-order valence-corrected chi connectivity index (χ3v) is 8.16. The summed E-state index contributed by atoms with van der Waals surface area (Å²) in [4.78, 5) is 2.63. The summed E-state index contributed by atoms with van der Waals surface area (Å²) in [5.74, 6) is 3.71. The van der Waals surface area contributed by atoms with Crippen LogP contribution >= 0.6 is 23.5 Å². The van der Waals surface area contributed by atoms with Crippen LogP contribution in [0.25, 0.3) is 0 Å². The Bertz CT molecular complexity index is 749. The van der Waals surface area contributed by atoms with E-state index in [-0.39, 0.29) is 4.75 Å². The average Bonchev–Trinajstić information content (AvgIpc) is 2.82. The molecule has 0 N–H and O–H groups in total.